The van der Waals surface area contributed by atoms with E-state index in [0.717, 1.165) is 5.56 Å². The normalized spacial score (nSPS) is 21.1. The number of carbonyl (C=O) groups is 1. The molecule has 92 valence electrons. The third-order valence-electron chi connectivity index (χ3n) is 2.70. The molecule has 1 saturated heterocycles. The summed E-state index contributed by atoms with van der Waals surface area (Å²) in [7, 11) is 0. The average Bonchev–Trinajstić information content (AvgIpc) is 2.54. The van der Waals surface area contributed by atoms with Gasteiger partial charge in [-0.15, -0.1) is 0 Å². The predicted octanol–water partition coefficient (Wildman–Crippen LogP) is 2.20. The van der Waals surface area contributed by atoms with Crippen molar-refractivity contribution in [2.24, 2.45) is 0 Å². The molecule has 0 saturated carbocycles. The van der Waals surface area contributed by atoms with E-state index in [1.54, 1.807) is 12.1 Å². The van der Waals surface area contributed by atoms with Crippen molar-refractivity contribution < 1.29 is 18.3 Å². The van der Waals surface area contributed by atoms with Crippen molar-refractivity contribution >= 4 is 5.91 Å². The maximum atomic E-state index is 12.4. The molecule has 1 amide bonds. The van der Waals surface area contributed by atoms with Crippen LogP contribution in [0.15, 0.2) is 24.3 Å². The van der Waals surface area contributed by atoms with E-state index >= 15 is 0 Å². The van der Waals surface area contributed by atoms with E-state index in [4.69, 9.17) is 4.74 Å². The lowest BCUT2D eigenvalue weighted by Gasteiger charge is -2.14. The Kier molecular flexibility index (Phi) is 3.68. The first-order valence-corrected chi connectivity index (χ1v) is 5.43. The summed E-state index contributed by atoms with van der Waals surface area (Å²) in [6.45, 7) is 0.557. The molecule has 0 aromatic heterocycles. The Morgan fingerprint density at radius 3 is 2.65 bits per heavy atom. The fourth-order valence-corrected chi connectivity index (χ4v) is 1.77. The predicted molar refractivity (Wildman–Crippen MR) is 57.7 cm³/mol. The standard InChI is InChI=1S/C12H13F2NO2/c13-12(14)9-3-1-8(2-4-9)10-5-6-15-11(16)7-17-10/h1-4,10,12H,5-7H2,(H,15,16). The fourth-order valence-electron chi connectivity index (χ4n) is 1.77. The van der Waals surface area contributed by atoms with Crippen molar-refractivity contribution in [3.63, 3.8) is 0 Å². The van der Waals surface area contributed by atoms with Gasteiger partial charge in [0.1, 0.15) is 6.61 Å². The second-order valence-electron chi connectivity index (χ2n) is 3.91. The number of hydrogen-bond donors (Lipinski definition) is 1. The maximum absolute atomic E-state index is 12.4. The molecule has 2 rings (SSSR count). The Balaban J connectivity index is 2.08. The van der Waals surface area contributed by atoms with Crippen LogP contribution in [-0.2, 0) is 9.53 Å². The second kappa shape index (κ2) is 5.23. The summed E-state index contributed by atoms with van der Waals surface area (Å²) in [6, 6.07) is 6.04. The minimum absolute atomic E-state index is 0.00317. The molecule has 17 heavy (non-hydrogen) atoms. The van der Waals surface area contributed by atoms with Crippen LogP contribution in [0.1, 0.15) is 30.1 Å². The first-order chi connectivity index (χ1) is 8.16. The molecule has 1 atom stereocenters. The summed E-state index contributed by atoms with van der Waals surface area (Å²) in [4.78, 5) is 11.1. The summed E-state index contributed by atoms with van der Waals surface area (Å²) in [5.74, 6) is -0.142. The number of nitrogens with one attached hydrogen (secondary N) is 1. The van der Waals surface area contributed by atoms with Crippen LogP contribution in [0.5, 0.6) is 0 Å². The van der Waals surface area contributed by atoms with Gasteiger partial charge < -0.3 is 10.1 Å². The van der Waals surface area contributed by atoms with E-state index in [0.29, 0.717) is 13.0 Å². The number of ether oxygens (including phenoxy) is 1. The van der Waals surface area contributed by atoms with Gasteiger partial charge in [-0.1, -0.05) is 24.3 Å². The Morgan fingerprint density at radius 2 is 2.00 bits per heavy atom. The van der Waals surface area contributed by atoms with Gasteiger partial charge in [-0.3, -0.25) is 4.79 Å². The average molecular weight is 241 g/mol. The third-order valence-corrected chi connectivity index (χ3v) is 2.70. The van der Waals surface area contributed by atoms with E-state index < -0.39 is 6.43 Å². The highest BCUT2D eigenvalue weighted by Gasteiger charge is 2.18. The van der Waals surface area contributed by atoms with Gasteiger partial charge in [0, 0.05) is 12.1 Å². The molecule has 0 aliphatic carbocycles. The molecule has 1 aromatic carbocycles. The lowest BCUT2D eigenvalue weighted by molar-refractivity contribution is -0.125. The molecule has 0 radical (unpaired) electrons. The number of rotatable bonds is 2. The SMILES string of the molecule is O=C1COC(c2ccc(C(F)F)cc2)CCN1. The van der Waals surface area contributed by atoms with Gasteiger partial charge in [0.05, 0.1) is 6.10 Å². The van der Waals surface area contributed by atoms with Gasteiger partial charge in [-0.25, -0.2) is 8.78 Å². The van der Waals surface area contributed by atoms with Crippen molar-refractivity contribution in [3.8, 4) is 0 Å². The highest BCUT2D eigenvalue weighted by molar-refractivity contribution is 5.77. The second-order valence-corrected chi connectivity index (χ2v) is 3.91. The van der Waals surface area contributed by atoms with Crippen molar-refractivity contribution in [2.45, 2.75) is 19.0 Å². The van der Waals surface area contributed by atoms with E-state index in [9.17, 15) is 13.6 Å². The largest absolute Gasteiger partial charge is 0.364 e. The number of carbonyl (C=O) groups excluding carboxylic acids is 1. The van der Waals surface area contributed by atoms with Crippen molar-refractivity contribution in [1.82, 2.24) is 5.32 Å². The Morgan fingerprint density at radius 1 is 1.29 bits per heavy atom. The van der Waals surface area contributed by atoms with Gasteiger partial charge in [0.2, 0.25) is 5.91 Å². The number of hydrogen-bond acceptors (Lipinski definition) is 2. The fraction of sp³-hybridized carbons (Fsp3) is 0.417. The Bertz CT molecular complexity index is 392. The molecule has 1 heterocycles. The molecule has 0 bridgehead atoms. The van der Waals surface area contributed by atoms with Crippen LogP contribution in [0.25, 0.3) is 0 Å². The molecule has 5 heteroatoms. The number of benzene rings is 1. The molecule has 1 unspecified atom stereocenters. The first kappa shape index (κ1) is 12.0. The molecular weight excluding hydrogens is 228 g/mol. The van der Waals surface area contributed by atoms with Crippen molar-refractivity contribution in [1.29, 1.82) is 0 Å². The van der Waals surface area contributed by atoms with E-state index in [2.05, 4.69) is 5.32 Å². The quantitative estimate of drug-likeness (QED) is 0.862. The van der Waals surface area contributed by atoms with Crippen LogP contribution < -0.4 is 5.32 Å². The Labute approximate surface area is 97.8 Å². The van der Waals surface area contributed by atoms with Crippen LogP contribution in [0.2, 0.25) is 0 Å². The number of alkyl halides is 2. The minimum atomic E-state index is -2.46. The highest BCUT2D eigenvalue weighted by Crippen LogP contribution is 2.25. The van der Waals surface area contributed by atoms with Crippen molar-refractivity contribution in [3.05, 3.63) is 35.4 Å². The monoisotopic (exact) mass is 241 g/mol. The molecule has 1 aliphatic rings. The van der Waals surface area contributed by atoms with Gasteiger partial charge in [-0.2, -0.15) is 0 Å². The lowest BCUT2D eigenvalue weighted by atomic mass is 10.0. The van der Waals surface area contributed by atoms with E-state index in [1.165, 1.54) is 12.1 Å². The molecule has 0 spiro atoms. The summed E-state index contributed by atoms with van der Waals surface area (Å²) >= 11 is 0. The highest BCUT2D eigenvalue weighted by atomic mass is 19.3. The summed E-state index contributed by atoms with van der Waals surface area (Å²) in [6.07, 6.45) is -2.01. The molecule has 1 fully saturated rings. The van der Waals surface area contributed by atoms with Gasteiger partial charge in [0.15, 0.2) is 0 Å². The lowest BCUT2D eigenvalue weighted by Crippen LogP contribution is -2.24. The Hall–Kier alpha value is -1.49. The molecule has 1 N–H and O–H groups in total. The molecular formula is C12H13F2NO2. The van der Waals surface area contributed by atoms with E-state index in [1.807, 2.05) is 0 Å². The number of halogens is 2. The summed E-state index contributed by atoms with van der Waals surface area (Å²) in [5.41, 5.74) is 0.822. The van der Waals surface area contributed by atoms with Crippen LogP contribution in [0, 0.1) is 0 Å². The molecule has 1 aliphatic heterocycles. The minimum Gasteiger partial charge on any atom is -0.364 e. The molecule has 1 aromatic rings. The van der Waals surface area contributed by atoms with Crippen LogP contribution in [-0.4, -0.2) is 19.1 Å². The van der Waals surface area contributed by atoms with Gasteiger partial charge in [-0.05, 0) is 12.0 Å². The van der Waals surface area contributed by atoms with Gasteiger partial charge >= 0.3 is 0 Å². The zero-order valence-corrected chi connectivity index (χ0v) is 9.16. The van der Waals surface area contributed by atoms with Gasteiger partial charge in [0.25, 0.3) is 6.43 Å². The van der Waals surface area contributed by atoms with Crippen LogP contribution >= 0.6 is 0 Å². The van der Waals surface area contributed by atoms with Crippen LogP contribution in [0.4, 0.5) is 8.78 Å². The maximum Gasteiger partial charge on any atom is 0.263 e. The topological polar surface area (TPSA) is 38.3 Å². The summed E-state index contributed by atoms with van der Waals surface area (Å²) in [5, 5.41) is 2.69. The zero-order chi connectivity index (χ0) is 12.3. The summed E-state index contributed by atoms with van der Waals surface area (Å²) < 4.78 is 30.1. The molecule has 3 nitrogen and oxygen atoms in total. The third kappa shape index (κ3) is 3.00. The number of amides is 1. The smallest absolute Gasteiger partial charge is 0.263 e. The zero-order valence-electron chi connectivity index (χ0n) is 9.16. The first-order valence-electron chi connectivity index (χ1n) is 5.43. The van der Waals surface area contributed by atoms with Crippen molar-refractivity contribution in [2.75, 3.05) is 13.2 Å². The van der Waals surface area contributed by atoms with E-state index in [-0.39, 0.29) is 24.2 Å². The van der Waals surface area contributed by atoms with Crippen LogP contribution in [0.3, 0.4) is 0 Å².